The summed E-state index contributed by atoms with van der Waals surface area (Å²) in [6.07, 6.45) is 6.08. The molecule has 17 heavy (non-hydrogen) atoms. The number of hydrogen-bond donors (Lipinski definition) is 1. The highest BCUT2D eigenvalue weighted by Gasteiger charge is 2.20. The summed E-state index contributed by atoms with van der Waals surface area (Å²) in [5, 5.41) is 0. The van der Waals surface area contributed by atoms with E-state index in [-0.39, 0.29) is 5.91 Å². The van der Waals surface area contributed by atoms with Gasteiger partial charge >= 0.3 is 0 Å². The van der Waals surface area contributed by atoms with E-state index in [1.165, 1.54) is 0 Å². The summed E-state index contributed by atoms with van der Waals surface area (Å²) in [5.41, 5.74) is 6.75. The number of nitrogens with zero attached hydrogens (tertiary/aromatic N) is 2. The van der Waals surface area contributed by atoms with E-state index in [1.807, 2.05) is 25.3 Å². The number of likely N-dealkylation sites (N-methyl/N-ethyl adjacent to an activating group) is 1. The van der Waals surface area contributed by atoms with E-state index in [4.69, 9.17) is 5.73 Å². The molecule has 1 heterocycles. The number of pyridine rings is 1. The monoisotopic (exact) mass is 253 g/mol. The Morgan fingerprint density at radius 1 is 1.53 bits per heavy atom. The number of carbonyl (C=O) groups is 1. The second-order valence-electron chi connectivity index (χ2n) is 3.68. The highest BCUT2D eigenvalue weighted by Crippen LogP contribution is 2.14. The molecule has 1 atom stereocenters. The number of nitrogens with two attached hydrogens (primary N) is 1. The molecule has 1 aromatic heterocycles. The first-order valence-electron chi connectivity index (χ1n) is 5.66. The Balaban J connectivity index is 2.71. The standard InChI is InChI=1S/C12H19N3OS/c1-3-15(10-4-7-14-8-5-10)12(16)11(13)6-9-17-2/h4-5,7-8,11H,3,6,9,13H2,1-2H3/t11-/m0/s1. The molecule has 0 saturated heterocycles. The lowest BCUT2D eigenvalue weighted by Gasteiger charge is -2.24. The first kappa shape index (κ1) is 14.0. The molecule has 1 aromatic rings. The molecule has 5 heteroatoms. The quantitative estimate of drug-likeness (QED) is 0.835. The van der Waals surface area contributed by atoms with Crippen molar-refractivity contribution in [2.75, 3.05) is 23.5 Å². The Morgan fingerprint density at radius 2 is 2.18 bits per heavy atom. The molecule has 0 bridgehead atoms. The van der Waals surface area contributed by atoms with Crippen LogP contribution in [-0.4, -0.2) is 35.5 Å². The van der Waals surface area contributed by atoms with Crippen molar-refractivity contribution in [3.05, 3.63) is 24.5 Å². The molecule has 0 spiro atoms. The number of carbonyl (C=O) groups excluding carboxylic acids is 1. The minimum Gasteiger partial charge on any atom is -0.320 e. The molecule has 0 saturated carbocycles. The zero-order valence-electron chi connectivity index (χ0n) is 10.3. The zero-order chi connectivity index (χ0) is 12.7. The van der Waals surface area contributed by atoms with Crippen LogP contribution in [0, 0.1) is 0 Å². The molecule has 1 amide bonds. The number of anilines is 1. The van der Waals surface area contributed by atoms with Crippen molar-refractivity contribution in [1.82, 2.24) is 4.98 Å². The lowest BCUT2D eigenvalue weighted by molar-refractivity contribution is -0.119. The molecular weight excluding hydrogens is 234 g/mol. The van der Waals surface area contributed by atoms with Crippen LogP contribution < -0.4 is 10.6 Å². The highest BCUT2D eigenvalue weighted by molar-refractivity contribution is 7.98. The molecule has 0 fully saturated rings. The molecule has 0 aromatic carbocycles. The third kappa shape index (κ3) is 4.02. The van der Waals surface area contributed by atoms with Gasteiger partial charge in [0.15, 0.2) is 0 Å². The van der Waals surface area contributed by atoms with E-state index in [0.717, 1.165) is 11.4 Å². The maximum absolute atomic E-state index is 12.2. The summed E-state index contributed by atoms with van der Waals surface area (Å²) in [7, 11) is 0. The van der Waals surface area contributed by atoms with Crippen LogP contribution in [-0.2, 0) is 4.79 Å². The third-order valence-electron chi connectivity index (χ3n) is 2.51. The van der Waals surface area contributed by atoms with Crippen LogP contribution in [0.1, 0.15) is 13.3 Å². The second-order valence-corrected chi connectivity index (χ2v) is 4.66. The Bertz CT molecular complexity index is 345. The first-order chi connectivity index (χ1) is 8.20. The van der Waals surface area contributed by atoms with E-state index < -0.39 is 6.04 Å². The number of aromatic nitrogens is 1. The second kappa shape index (κ2) is 7.29. The molecule has 0 unspecified atom stereocenters. The van der Waals surface area contributed by atoms with E-state index in [1.54, 1.807) is 29.1 Å². The van der Waals surface area contributed by atoms with Crippen LogP contribution in [0.2, 0.25) is 0 Å². The predicted octanol–water partition coefficient (Wildman–Crippen LogP) is 1.51. The smallest absolute Gasteiger partial charge is 0.243 e. The Morgan fingerprint density at radius 3 is 2.71 bits per heavy atom. The predicted molar refractivity (Wildman–Crippen MR) is 73.2 cm³/mol. The van der Waals surface area contributed by atoms with Gasteiger partial charge in [-0.3, -0.25) is 9.78 Å². The van der Waals surface area contributed by atoms with E-state index in [2.05, 4.69) is 4.98 Å². The van der Waals surface area contributed by atoms with Crippen molar-refractivity contribution in [2.24, 2.45) is 5.73 Å². The Kier molecular flexibility index (Phi) is 6.00. The van der Waals surface area contributed by atoms with Crippen LogP contribution in [0.25, 0.3) is 0 Å². The number of amides is 1. The molecule has 0 aliphatic carbocycles. The van der Waals surface area contributed by atoms with E-state index >= 15 is 0 Å². The normalized spacial score (nSPS) is 12.2. The maximum Gasteiger partial charge on any atom is 0.243 e. The van der Waals surface area contributed by atoms with Crippen LogP contribution in [0.4, 0.5) is 5.69 Å². The molecule has 94 valence electrons. The number of hydrogen-bond acceptors (Lipinski definition) is 4. The summed E-state index contributed by atoms with van der Waals surface area (Å²) in [6.45, 7) is 2.56. The van der Waals surface area contributed by atoms with Crippen LogP contribution >= 0.6 is 11.8 Å². The molecule has 0 radical (unpaired) electrons. The van der Waals surface area contributed by atoms with Gasteiger partial charge in [0.2, 0.25) is 5.91 Å². The van der Waals surface area contributed by atoms with Crippen molar-refractivity contribution in [3.63, 3.8) is 0 Å². The van der Waals surface area contributed by atoms with Gasteiger partial charge in [-0.25, -0.2) is 0 Å². The topological polar surface area (TPSA) is 59.2 Å². The summed E-state index contributed by atoms with van der Waals surface area (Å²) < 4.78 is 0. The van der Waals surface area contributed by atoms with Crippen LogP contribution in [0.15, 0.2) is 24.5 Å². The summed E-state index contributed by atoms with van der Waals surface area (Å²) in [4.78, 5) is 17.8. The Hall–Kier alpha value is -1.07. The molecular formula is C12H19N3OS. The summed E-state index contributed by atoms with van der Waals surface area (Å²) in [6, 6.07) is 3.22. The molecule has 2 N–H and O–H groups in total. The van der Waals surface area contributed by atoms with E-state index in [0.29, 0.717) is 13.0 Å². The average Bonchev–Trinajstić information content (AvgIpc) is 2.38. The minimum absolute atomic E-state index is 0.0206. The third-order valence-corrected chi connectivity index (χ3v) is 3.15. The Labute approximate surface area is 107 Å². The van der Waals surface area contributed by atoms with Crippen molar-refractivity contribution in [2.45, 2.75) is 19.4 Å². The largest absolute Gasteiger partial charge is 0.320 e. The first-order valence-corrected chi connectivity index (χ1v) is 7.06. The fraction of sp³-hybridized carbons (Fsp3) is 0.500. The van der Waals surface area contributed by atoms with Gasteiger partial charge in [0.25, 0.3) is 0 Å². The molecule has 0 aliphatic heterocycles. The van der Waals surface area contributed by atoms with Crippen molar-refractivity contribution in [1.29, 1.82) is 0 Å². The SMILES string of the molecule is CCN(C(=O)[C@@H](N)CCSC)c1ccncc1. The molecule has 0 aliphatic rings. The van der Waals surface area contributed by atoms with Gasteiger partial charge in [0.1, 0.15) is 0 Å². The van der Waals surface area contributed by atoms with Crippen molar-refractivity contribution in [3.8, 4) is 0 Å². The summed E-state index contributed by atoms with van der Waals surface area (Å²) in [5.74, 6) is 0.883. The van der Waals surface area contributed by atoms with Gasteiger partial charge in [-0.05, 0) is 37.5 Å². The van der Waals surface area contributed by atoms with E-state index in [9.17, 15) is 4.79 Å². The van der Waals surface area contributed by atoms with Crippen molar-refractivity contribution >= 4 is 23.4 Å². The lowest BCUT2D eigenvalue weighted by Crippen LogP contribution is -2.44. The number of thioether (sulfide) groups is 1. The number of rotatable bonds is 6. The molecule has 4 nitrogen and oxygen atoms in total. The average molecular weight is 253 g/mol. The lowest BCUT2D eigenvalue weighted by atomic mass is 10.2. The van der Waals surface area contributed by atoms with Gasteiger partial charge in [-0.15, -0.1) is 0 Å². The van der Waals surface area contributed by atoms with Gasteiger partial charge in [-0.2, -0.15) is 11.8 Å². The van der Waals surface area contributed by atoms with Gasteiger partial charge in [-0.1, -0.05) is 0 Å². The van der Waals surface area contributed by atoms with Gasteiger partial charge in [0.05, 0.1) is 6.04 Å². The van der Waals surface area contributed by atoms with Gasteiger partial charge in [0, 0.05) is 24.6 Å². The molecule has 1 rings (SSSR count). The summed E-state index contributed by atoms with van der Waals surface area (Å²) >= 11 is 1.70. The zero-order valence-corrected chi connectivity index (χ0v) is 11.1. The fourth-order valence-electron chi connectivity index (χ4n) is 1.56. The maximum atomic E-state index is 12.2. The van der Waals surface area contributed by atoms with Crippen molar-refractivity contribution < 1.29 is 4.79 Å². The van der Waals surface area contributed by atoms with Gasteiger partial charge < -0.3 is 10.6 Å². The minimum atomic E-state index is -0.421. The fourth-order valence-corrected chi connectivity index (χ4v) is 2.05. The van der Waals surface area contributed by atoms with Crippen LogP contribution in [0.5, 0.6) is 0 Å². The highest BCUT2D eigenvalue weighted by atomic mass is 32.2. The van der Waals surface area contributed by atoms with Crippen LogP contribution in [0.3, 0.4) is 0 Å².